The molecule has 3 amide bonds. The van der Waals surface area contributed by atoms with Crippen LogP contribution in [0.25, 0.3) is 0 Å². The number of nitrogens with zero attached hydrogens (tertiary/aromatic N) is 1. The highest BCUT2D eigenvalue weighted by atomic mass is 19.3. The lowest BCUT2D eigenvalue weighted by Gasteiger charge is -2.19. The maximum absolute atomic E-state index is 12.3. The van der Waals surface area contributed by atoms with Gasteiger partial charge in [0.25, 0.3) is 0 Å². The Balaban J connectivity index is 1.74. The lowest BCUT2D eigenvalue weighted by atomic mass is 10.1. The summed E-state index contributed by atoms with van der Waals surface area (Å²) < 4.78 is 29.0. The van der Waals surface area contributed by atoms with E-state index < -0.39 is 6.61 Å². The van der Waals surface area contributed by atoms with Crippen molar-refractivity contribution >= 4 is 11.9 Å². The molecular weight excluding hydrogens is 380 g/mol. The van der Waals surface area contributed by atoms with E-state index in [-0.39, 0.29) is 36.7 Å². The molecule has 1 unspecified atom stereocenters. The van der Waals surface area contributed by atoms with E-state index in [4.69, 9.17) is 0 Å². The molecule has 2 N–H and O–H groups in total. The molecule has 0 aliphatic carbocycles. The third-order valence-corrected chi connectivity index (χ3v) is 4.20. The smallest absolute Gasteiger partial charge is 0.387 e. The van der Waals surface area contributed by atoms with E-state index in [2.05, 4.69) is 15.4 Å². The molecule has 0 saturated carbocycles. The quantitative estimate of drug-likeness (QED) is 0.668. The molecule has 8 heteroatoms. The van der Waals surface area contributed by atoms with Gasteiger partial charge in [-0.15, -0.1) is 0 Å². The standard InChI is InChI=1S/C21H25F2N3O3/c1-15(17-9-6-10-18(13-17)29-20(22)23)25-19(27)11-12-24-21(28)26(2)14-16-7-4-3-5-8-16/h3-10,13,15,20H,11-12,14H2,1-2H3,(H,24,28)(H,25,27). The second-order valence-corrected chi connectivity index (χ2v) is 6.56. The van der Waals surface area contributed by atoms with Crippen LogP contribution in [-0.2, 0) is 11.3 Å². The number of rotatable bonds is 9. The summed E-state index contributed by atoms with van der Waals surface area (Å²) in [5.74, 6) is -0.226. The number of urea groups is 1. The fourth-order valence-corrected chi connectivity index (χ4v) is 2.70. The van der Waals surface area contributed by atoms with Gasteiger partial charge in [0.2, 0.25) is 5.91 Å². The number of alkyl halides is 2. The van der Waals surface area contributed by atoms with Gasteiger partial charge in [-0.1, -0.05) is 42.5 Å². The minimum atomic E-state index is -2.90. The molecule has 156 valence electrons. The van der Waals surface area contributed by atoms with Crippen LogP contribution in [0.1, 0.15) is 30.5 Å². The minimum absolute atomic E-state index is 0.0346. The third-order valence-electron chi connectivity index (χ3n) is 4.20. The Bertz CT molecular complexity index is 803. The van der Waals surface area contributed by atoms with E-state index in [0.29, 0.717) is 12.1 Å². The molecule has 0 aliphatic rings. The molecule has 0 radical (unpaired) electrons. The monoisotopic (exact) mass is 405 g/mol. The van der Waals surface area contributed by atoms with E-state index in [9.17, 15) is 18.4 Å². The Kier molecular flexibility index (Phi) is 8.39. The highest BCUT2D eigenvalue weighted by Gasteiger charge is 2.13. The lowest BCUT2D eigenvalue weighted by molar-refractivity contribution is -0.121. The van der Waals surface area contributed by atoms with Crippen LogP contribution in [-0.4, -0.2) is 37.0 Å². The first-order valence-corrected chi connectivity index (χ1v) is 9.22. The number of halogens is 2. The molecule has 0 saturated heterocycles. The summed E-state index contributed by atoms with van der Waals surface area (Å²) >= 11 is 0. The van der Waals surface area contributed by atoms with Gasteiger partial charge in [-0.3, -0.25) is 4.79 Å². The first-order valence-electron chi connectivity index (χ1n) is 9.22. The normalized spacial score (nSPS) is 11.6. The predicted molar refractivity (Wildman–Crippen MR) is 106 cm³/mol. The van der Waals surface area contributed by atoms with Gasteiger partial charge in [-0.25, -0.2) is 4.79 Å². The van der Waals surface area contributed by atoms with Crippen molar-refractivity contribution in [3.8, 4) is 5.75 Å². The summed E-state index contributed by atoms with van der Waals surface area (Å²) in [6, 6.07) is 15.1. The maximum atomic E-state index is 12.3. The van der Waals surface area contributed by atoms with Gasteiger partial charge in [0.1, 0.15) is 5.75 Å². The summed E-state index contributed by atoms with van der Waals surface area (Å²) in [7, 11) is 1.68. The van der Waals surface area contributed by atoms with Crippen molar-refractivity contribution in [2.45, 2.75) is 32.5 Å². The second kappa shape index (κ2) is 11.0. The van der Waals surface area contributed by atoms with Crippen molar-refractivity contribution in [2.24, 2.45) is 0 Å². The average molecular weight is 405 g/mol. The van der Waals surface area contributed by atoms with Crippen LogP contribution in [0.4, 0.5) is 13.6 Å². The average Bonchev–Trinajstić information content (AvgIpc) is 2.68. The number of carbonyl (C=O) groups excluding carboxylic acids is 2. The van der Waals surface area contributed by atoms with Crippen LogP contribution < -0.4 is 15.4 Å². The molecule has 2 rings (SSSR count). The van der Waals surface area contributed by atoms with Crippen LogP contribution in [0.3, 0.4) is 0 Å². The van der Waals surface area contributed by atoms with Crippen molar-refractivity contribution in [1.82, 2.24) is 15.5 Å². The minimum Gasteiger partial charge on any atom is -0.435 e. The number of nitrogens with one attached hydrogen (secondary N) is 2. The van der Waals surface area contributed by atoms with Gasteiger partial charge < -0.3 is 20.3 Å². The zero-order chi connectivity index (χ0) is 21.2. The summed E-state index contributed by atoms with van der Waals surface area (Å²) in [5.41, 5.74) is 1.65. The van der Waals surface area contributed by atoms with Crippen molar-refractivity contribution in [3.63, 3.8) is 0 Å². The summed E-state index contributed by atoms with van der Waals surface area (Å²) in [5, 5.41) is 5.47. The van der Waals surface area contributed by atoms with Gasteiger partial charge in [0, 0.05) is 26.6 Å². The molecule has 0 bridgehead atoms. The molecular formula is C21H25F2N3O3. The first kappa shape index (κ1) is 22.1. The first-order chi connectivity index (χ1) is 13.8. The molecule has 0 fully saturated rings. The summed E-state index contributed by atoms with van der Waals surface area (Å²) in [4.78, 5) is 25.7. The molecule has 0 aromatic heterocycles. The number of hydrogen-bond acceptors (Lipinski definition) is 3. The van der Waals surface area contributed by atoms with Crippen molar-refractivity contribution in [1.29, 1.82) is 0 Å². The molecule has 1 atom stereocenters. The zero-order valence-electron chi connectivity index (χ0n) is 16.4. The molecule has 2 aromatic carbocycles. The van der Waals surface area contributed by atoms with E-state index in [0.717, 1.165) is 5.56 Å². The molecule has 2 aromatic rings. The van der Waals surface area contributed by atoms with Crippen molar-refractivity contribution in [3.05, 3.63) is 65.7 Å². The predicted octanol–water partition coefficient (Wildman–Crippen LogP) is 3.70. The molecule has 0 aliphatic heterocycles. The maximum Gasteiger partial charge on any atom is 0.387 e. The SMILES string of the molecule is CC(NC(=O)CCNC(=O)N(C)Cc1ccccc1)c1cccc(OC(F)F)c1. The highest BCUT2D eigenvalue weighted by molar-refractivity contribution is 5.78. The largest absolute Gasteiger partial charge is 0.435 e. The van der Waals surface area contributed by atoms with Gasteiger partial charge >= 0.3 is 12.6 Å². The van der Waals surface area contributed by atoms with E-state index in [1.807, 2.05) is 30.3 Å². The fourth-order valence-electron chi connectivity index (χ4n) is 2.70. The van der Waals surface area contributed by atoms with Gasteiger partial charge in [0.05, 0.1) is 6.04 Å². The summed E-state index contributed by atoms with van der Waals surface area (Å²) in [6.07, 6.45) is 0.0997. The summed E-state index contributed by atoms with van der Waals surface area (Å²) in [6.45, 7) is -0.511. The van der Waals surface area contributed by atoms with E-state index in [1.165, 1.54) is 17.0 Å². The number of hydrogen-bond donors (Lipinski definition) is 2. The van der Waals surface area contributed by atoms with Gasteiger partial charge in [0.15, 0.2) is 0 Å². The van der Waals surface area contributed by atoms with Crippen molar-refractivity contribution in [2.75, 3.05) is 13.6 Å². The topological polar surface area (TPSA) is 70.7 Å². The molecule has 29 heavy (non-hydrogen) atoms. The fraction of sp³-hybridized carbons (Fsp3) is 0.333. The van der Waals surface area contributed by atoms with Crippen LogP contribution in [0, 0.1) is 0 Å². The van der Waals surface area contributed by atoms with Crippen LogP contribution in [0.2, 0.25) is 0 Å². The van der Waals surface area contributed by atoms with Gasteiger partial charge in [-0.2, -0.15) is 8.78 Å². The van der Waals surface area contributed by atoms with E-state index in [1.54, 1.807) is 26.1 Å². The van der Waals surface area contributed by atoms with Crippen LogP contribution >= 0.6 is 0 Å². The van der Waals surface area contributed by atoms with Crippen molar-refractivity contribution < 1.29 is 23.1 Å². The third kappa shape index (κ3) is 7.77. The Labute approximate surface area is 168 Å². The number of benzene rings is 2. The molecule has 0 spiro atoms. The zero-order valence-corrected chi connectivity index (χ0v) is 16.4. The Hall–Kier alpha value is -3.16. The van der Waals surface area contributed by atoms with Gasteiger partial charge in [-0.05, 0) is 30.2 Å². The second-order valence-electron chi connectivity index (χ2n) is 6.56. The number of ether oxygens (including phenoxy) is 1. The Morgan fingerprint density at radius 3 is 2.52 bits per heavy atom. The number of amides is 3. The Morgan fingerprint density at radius 1 is 1.10 bits per heavy atom. The Morgan fingerprint density at radius 2 is 1.83 bits per heavy atom. The lowest BCUT2D eigenvalue weighted by Crippen LogP contribution is -2.39. The molecule has 6 nitrogen and oxygen atoms in total. The highest BCUT2D eigenvalue weighted by Crippen LogP contribution is 2.20. The van der Waals surface area contributed by atoms with Crippen LogP contribution in [0.15, 0.2) is 54.6 Å². The molecule has 0 heterocycles. The van der Waals surface area contributed by atoms with E-state index >= 15 is 0 Å². The number of carbonyl (C=O) groups is 2. The van der Waals surface area contributed by atoms with Crippen LogP contribution in [0.5, 0.6) is 5.75 Å².